The molecule has 23 heavy (non-hydrogen) atoms. The molecule has 0 saturated carbocycles. The maximum absolute atomic E-state index is 5.37. The lowest BCUT2D eigenvalue weighted by atomic mass is 10.2. The van der Waals surface area contributed by atoms with Gasteiger partial charge in [0.25, 0.3) is 5.19 Å². The van der Waals surface area contributed by atoms with E-state index in [1.165, 1.54) is 11.3 Å². The van der Waals surface area contributed by atoms with Crippen molar-refractivity contribution in [2.75, 3.05) is 26.7 Å². The molecule has 0 amide bonds. The van der Waals surface area contributed by atoms with Gasteiger partial charge in [0.15, 0.2) is 5.82 Å². The van der Waals surface area contributed by atoms with Crippen LogP contribution < -0.4 is 4.74 Å². The van der Waals surface area contributed by atoms with Crippen molar-refractivity contribution < 1.29 is 9.26 Å². The van der Waals surface area contributed by atoms with Crippen LogP contribution in [0, 0.1) is 6.92 Å². The van der Waals surface area contributed by atoms with E-state index in [9.17, 15) is 0 Å². The highest BCUT2D eigenvalue weighted by atomic mass is 32.1. The molecule has 2 aromatic heterocycles. The molecule has 9 heteroatoms. The molecule has 1 atom stereocenters. The second-order valence-corrected chi connectivity index (χ2v) is 6.74. The zero-order chi connectivity index (χ0) is 16.2. The molecular weight excluding hydrogens is 316 g/mol. The van der Waals surface area contributed by atoms with Crippen LogP contribution in [0.25, 0.3) is 0 Å². The molecule has 0 N–H and O–H groups in total. The maximum Gasteiger partial charge on any atom is 0.294 e. The normalized spacial score (nSPS) is 18.9. The van der Waals surface area contributed by atoms with Crippen LogP contribution in [0.4, 0.5) is 0 Å². The predicted molar refractivity (Wildman–Crippen MR) is 85.3 cm³/mol. The average molecular weight is 338 g/mol. The fourth-order valence-corrected chi connectivity index (χ4v) is 3.54. The number of rotatable bonds is 7. The molecule has 0 aromatic carbocycles. The molecule has 0 aliphatic carbocycles. The van der Waals surface area contributed by atoms with Gasteiger partial charge in [-0.3, -0.25) is 9.80 Å². The van der Waals surface area contributed by atoms with E-state index in [1.807, 2.05) is 13.8 Å². The van der Waals surface area contributed by atoms with E-state index in [4.69, 9.17) is 9.26 Å². The molecular formula is C14H22N6O2S. The average Bonchev–Trinajstić information content (AvgIpc) is 3.23. The third-order valence-corrected chi connectivity index (χ3v) is 4.73. The van der Waals surface area contributed by atoms with Crippen molar-refractivity contribution in [3.8, 4) is 5.19 Å². The monoisotopic (exact) mass is 338 g/mol. The fraction of sp³-hybridized carbons (Fsp3) is 0.714. The van der Waals surface area contributed by atoms with Crippen molar-refractivity contribution >= 4 is 11.3 Å². The van der Waals surface area contributed by atoms with E-state index in [2.05, 4.69) is 37.2 Å². The van der Waals surface area contributed by atoms with E-state index in [0.29, 0.717) is 30.3 Å². The van der Waals surface area contributed by atoms with Gasteiger partial charge in [-0.15, -0.1) is 10.2 Å². The Balaban J connectivity index is 1.49. The topological polar surface area (TPSA) is 80.4 Å². The van der Waals surface area contributed by atoms with E-state index >= 15 is 0 Å². The van der Waals surface area contributed by atoms with Crippen LogP contribution >= 0.6 is 11.3 Å². The van der Waals surface area contributed by atoms with Crippen LogP contribution in [0.2, 0.25) is 0 Å². The van der Waals surface area contributed by atoms with Gasteiger partial charge < -0.3 is 9.26 Å². The number of hydrogen-bond acceptors (Lipinski definition) is 9. The van der Waals surface area contributed by atoms with Crippen molar-refractivity contribution in [2.45, 2.75) is 39.4 Å². The summed E-state index contributed by atoms with van der Waals surface area (Å²) in [5.41, 5.74) is 0. The Morgan fingerprint density at radius 2 is 2.30 bits per heavy atom. The van der Waals surface area contributed by atoms with Crippen LogP contribution in [-0.4, -0.2) is 62.9 Å². The van der Waals surface area contributed by atoms with Crippen molar-refractivity contribution in [3.63, 3.8) is 0 Å². The lowest BCUT2D eigenvalue weighted by molar-refractivity contribution is 0.215. The van der Waals surface area contributed by atoms with Gasteiger partial charge in [0.05, 0.1) is 19.7 Å². The van der Waals surface area contributed by atoms with Crippen molar-refractivity contribution in [3.05, 3.63) is 16.7 Å². The highest BCUT2D eigenvalue weighted by Gasteiger charge is 2.27. The van der Waals surface area contributed by atoms with Crippen molar-refractivity contribution in [1.29, 1.82) is 0 Å². The largest absolute Gasteiger partial charge is 0.469 e. The Labute approximate surface area is 139 Å². The van der Waals surface area contributed by atoms with E-state index in [1.54, 1.807) is 0 Å². The van der Waals surface area contributed by atoms with Gasteiger partial charge in [0.2, 0.25) is 5.89 Å². The number of nitrogens with zero attached hydrogens (tertiary/aromatic N) is 6. The van der Waals surface area contributed by atoms with Gasteiger partial charge in [0.1, 0.15) is 5.01 Å². The minimum Gasteiger partial charge on any atom is -0.469 e. The summed E-state index contributed by atoms with van der Waals surface area (Å²) in [6.07, 6.45) is 1.13. The molecule has 8 nitrogen and oxygen atoms in total. The molecule has 126 valence electrons. The summed E-state index contributed by atoms with van der Waals surface area (Å²) < 4.78 is 10.4. The second kappa shape index (κ2) is 7.33. The van der Waals surface area contributed by atoms with Crippen LogP contribution in [-0.2, 0) is 13.1 Å². The number of aryl methyl sites for hydroxylation is 1. The summed E-state index contributed by atoms with van der Waals surface area (Å²) in [6, 6.07) is 0.494. The van der Waals surface area contributed by atoms with Crippen LogP contribution in [0.5, 0.6) is 5.19 Å². The first kappa shape index (κ1) is 16.3. The first-order valence-electron chi connectivity index (χ1n) is 7.81. The molecule has 0 spiro atoms. The highest BCUT2D eigenvalue weighted by molar-refractivity contribution is 7.13. The molecule has 0 bridgehead atoms. The van der Waals surface area contributed by atoms with Gasteiger partial charge >= 0.3 is 0 Å². The third kappa shape index (κ3) is 4.24. The standard InChI is InChI=1S/C14H22N6O2S/c1-4-21-14-17-16-13(23-14)9-20-6-5-11(7-20)19(3)8-12-15-10(2)22-18-12/h11H,4-9H2,1-3H3. The SMILES string of the molecule is CCOc1nnc(CN2CCC(N(C)Cc3noc(C)n3)C2)s1. The Hall–Kier alpha value is -1.58. The number of ether oxygens (including phenoxy) is 1. The van der Waals surface area contributed by atoms with Gasteiger partial charge in [-0.25, -0.2) is 0 Å². The molecule has 3 rings (SSSR count). The molecule has 1 fully saturated rings. The van der Waals surface area contributed by atoms with Gasteiger partial charge in [-0.05, 0) is 20.4 Å². The predicted octanol–water partition coefficient (Wildman–Crippen LogP) is 1.33. The van der Waals surface area contributed by atoms with Crippen LogP contribution in [0.3, 0.4) is 0 Å². The minimum atomic E-state index is 0.494. The molecule has 0 radical (unpaired) electrons. The summed E-state index contributed by atoms with van der Waals surface area (Å²) in [7, 11) is 2.11. The van der Waals surface area contributed by atoms with E-state index in [0.717, 1.165) is 36.9 Å². The third-order valence-electron chi connectivity index (χ3n) is 3.91. The molecule has 1 saturated heterocycles. The summed E-state index contributed by atoms with van der Waals surface area (Å²) in [5, 5.41) is 13.9. The van der Waals surface area contributed by atoms with Crippen molar-refractivity contribution in [2.24, 2.45) is 0 Å². The van der Waals surface area contributed by atoms with Gasteiger partial charge in [-0.2, -0.15) is 4.98 Å². The van der Waals surface area contributed by atoms with Gasteiger partial charge in [-0.1, -0.05) is 16.5 Å². The summed E-state index contributed by atoms with van der Waals surface area (Å²) >= 11 is 1.53. The van der Waals surface area contributed by atoms with Crippen LogP contribution in [0.1, 0.15) is 30.1 Å². The lowest BCUT2D eigenvalue weighted by Gasteiger charge is -2.23. The van der Waals surface area contributed by atoms with E-state index in [-0.39, 0.29) is 0 Å². The Morgan fingerprint density at radius 1 is 1.43 bits per heavy atom. The first-order valence-corrected chi connectivity index (χ1v) is 8.62. The highest BCUT2D eigenvalue weighted by Crippen LogP contribution is 2.22. The number of hydrogen-bond donors (Lipinski definition) is 0. The lowest BCUT2D eigenvalue weighted by Crippen LogP contribution is -2.34. The van der Waals surface area contributed by atoms with E-state index < -0.39 is 0 Å². The molecule has 1 aliphatic rings. The maximum atomic E-state index is 5.37. The first-order chi connectivity index (χ1) is 11.1. The van der Waals surface area contributed by atoms with Gasteiger partial charge in [0, 0.05) is 26.1 Å². The zero-order valence-corrected chi connectivity index (χ0v) is 14.5. The Bertz CT molecular complexity index is 630. The fourth-order valence-electron chi connectivity index (χ4n) is 2.75. The zero-order valence-electron chi connectivity index (χ0n) is 13.7. The molecule has 1 aliphatic heterocycles. The molecule has 1 unspecified atom stereocenters. The Morgan fingerprint density at radius 3 is 3.04 bits per heavy atom. The Kier molecular flexibility index (Phi) is 5.19. The minimum absolute atomic E-state index is 0.494. The number of likely N-dealkylation sites (N-methyl/N-ethyl adjacent to an activating group) is 1. The smallest absolute Gasteiger partial charge is 0.294 e. The molecule has 2 aromatic rings. The summed E-state index contributed by atoms with van der Waals surface area (Å²) in [4.78, 5) is 8.95. The second-order valence-electron chi connectivity index (χ2n) is 5.72. The van der Waals surface area contributed by atoms with Crippen molar-refractivity contribution in [1.82, 2.24) is 30.1 Å². The number of aromatic nitrogens is 4. The quantitative estimate of drug-likeness (QED) is 0.748. The van der Waals surface area contributed by atoms with Crippen LogP contribution in [0.15, 0.2) is 4.52 Å². The molecule has 3 heterocycles. The summed E-state index contributed by atoms with van der Waals surface area (Å²) in [5.74, 6) is 1.36. The summed E-state index contributed by atoms with van der Waals surface area (Å²) in [6.45, 7) is 8.00. The number of likely N-dealkylation sites (tertiary alicyclic amines) is 1.